The summed E-state index contributed by atoms with van der Waals surface area (Å²) in [6.45, 7) is 10.0. The minimum atomic E-state index is 0.0717. The molecular weight excluding hydrogens is 286 g/mol. The lowest BCUT2D eigenvalue weighted by Gasteiger charge is -2.32. The number of carbonyl (C=O) groups is 1. The molecule has 4 heteroatoms. The van der Waals surface area contributed by atoms with E-state index in [1.165, 1.54) is 27.7 Å². The van der Waals surface area contributed by atoms with Gasteiger partial charge in [0.15, 0.2) is 0 Å². The molecule has 3 rings (SSSR count). The molecule has 2 amide bonds. The van der Waals surface area contributed by atoms with E-state index in [1.807, 2.05) is 18.7 Å². The second kappa shape index (κ2) is 6.26. The van der Waals surface area contributed by atoms with E-state index >= 15 is 0 Å². The van der Waals surface area contributed by atoms with Crippen LogP contribution in [0.25, 0.3) is 10.9 Å². The fourth-order valence-electron chi connectivity index (χ4n) is 3.58. The Hall–Kier alpha value is -1.97. The van der Waals surface area contributed by atoms with E-state index in [4.69, 9.17) is 0 Å². The summed E-state index contributed by atoms with van der Waals surface area (Å²) < 4.78 is 0. The van der Waals surface area contributed by atoms with Gasteiger partial charge in [0.05, 0.1) is 0 Å². The SMILES string of the molecule is Cc1ccc2[nH]c(C3CCN(C(=O)NC(C)C)CC3)c(C)c2c1. The third kappa shape index (κ3) is 3.21. The van der Waals surface area contributed by atoms with Crippen molar-refractivity contribution in [2.24, 2.45) is 0 Å². The zero-order chi connectivity index (χ0) is 16.6. The number of aryl methyl sites for hydroxylation is 2. The van der Waals surface area contributed by atoms with Gasteiger partial charge in [0.25, 0.3) is 0 Å². The van der Waals surface area contributed by atoms with E-state index in [9.17, 15) is 4.79 Å². The number of H-pyrrole nitrogens is 1. The van der Waals surface area contributed by atoms with E-state index in [1.54, 1.807) is 0 Å². The third-order valence-corrected chi connectivity index (χ3v) is 4.85. The van der Waals surface area contributed by atoms with Crippen molar-refractivity contribution in [1.29, 1.82) is 0 Å². The average molecular weight is 313 g/mol. The van der Waals surface area contributed by atoms with E-state index in [0.717, 1.165) is 25.9 Å². The Morgan fingerprint density at radius 2 is 1.96 bits per heavy atom. The molecule has 0 radical (unpaired) electrons. The highest BCUT2D eigenvalue weighted by Gasteiger charge is 2.26. The quantitative estimate of drug-likeness (QED) is 0.862. The molecular formula is C19H27N3O. The molecule has 1 aliphatic heterocycles. The topological polar surface area (TPSA) is 48.1 Å². The van der Waals surface area contributed by atoms with E-state index in [2.05, 4.69) is 42.3 Å². The first-order chi connectivity index (χ1) is 11.0. The van der Waals surface area contributed by atoms with Gasteiger partial charge in [-0.15, -0.1) is 0 Å². The Labute approximate surface area is 138 Å². The molecule has 2 aromatic rings. The molecule has 1 aromatic heterocycles. The van der Waals surface area contributed by atoms with E-state index in [0.29, 0.717) is 5.92 Å². The number of carbonyl (C=O) groups excluding carboxylic acids is 1. The van der Waals surface area contributed by atoms with Crippen molar-refractivity contribution in [1.82, 2.24) is 15.2 Å². The maximum absolute atomic E-state index is 12.1. The summed E-state index contributed by atoms with van der Waals surface area (Å²) in [5.41, 5.74) is 5.25. The first-order valence-corrected chi connectivity index (χ1v) is 8.60. The van der Waals surface area contributed by atoms with Crippen molar-refractivity contribution in [3.63, 3.8) is 0 Å². The van der Waals surface area contributed by atoms with Gasteiger partial charge in [0.1, 0.15) is 0 Å². The lowest BCUT2D eigenvalue weighted by molar-refractivity contribution is 0.178. The number of hydrogen-bond donors (Lipinski definition) is 2. The molecule has 0 saturated carbocycles. The van der Waals surface area contributed by atoms with Gasteiger partial charge in [0, 0.05) is 41.6 Å². The summed E-state index contributed by atoms with van der Waals surface area (Å²) in [4.78, 5) is 17.7. The summed E-state index contributed by atoms with van der Waals surface area (Å²) >= 11 is 0. The maximum Gasteiger partial charge on any atom is 0.317 e. The molecule has 1 aliphatic rings. The number of likely N-dealkylation sites (tertiary alicyclic amines) is 1. The van der Waals surface area contributed by atoms with E-state index in [-0.39, 0.29) is 12.1 Å². The predicted molar refractivity (Wildman–Crippen MR) is 95.0 cm³/mol. The predicted octanol–water partition coefficient (Wildman–Crippen LogP) is 4.08. The van der Waals surface area contributed by atoms with Crippen molar-refractivity contribution in [2.75, 3.05) is 13.1 Å². The number of benzene rings is 1. The van der Waals surface area contributed by atoms with Crippen LogP contribution in [0.2, 0.25) is 0 Å². The maximum atomic E-state index is 12.1. The number of piperidine rings is 1. The van der Waals surface area contributed by atoms with Crippen molar-refractivity contribution < 1.29 is 4.79 Å². The summed E-state index contributed by atoms with van der Waals surface area (Å²) in [5.74, 6) is 0.519. The van der Waals surface area contributed by atoms with Crippen LogP contribution in [-0.4, -0.2) is 35.0 Å². The Kier molecular flexibility index (Phi) is 4.33. The average Bonchev–Trinajstić information content (AvgIpc) is 2.84. The van der Waals surface area contributed by atoms with Crippen LogP contribution in [0, 0.1) is 13.8 Å². The Morgan fingerprint density at radius 3 is 2.61 bits per heavy atom. The third-order valence-electron chi connectivity index (χ3n) is 4.85. The Balaban J connectivity index is 1.73. The van der Waals surface area contributed by atoms with Crippen molar-refractivity contribution in [3.05, 3.63) is 35.0 Å². The zero-order valence-corrected chi connectivity index (χ0v) is 14.6. The molecule has 124 valence electrons. The van der Waals surface area contributed by atoms with Gasteiger partial charge in [0.2, 0.25) is 0 Å². The fourth-order valence-corrected chi connectivity index (χ4v) is 3.58. The normalized spacial score (nSPS) is 16.3. The van der Waals surface area contributed by atoms with Crippen LogP contribution in [0.5, 0.6) is 0 Å². The number of aromatic nitrogens is 1. The minimum absolute atomic E-state index is 0.0717. The number of aromatic amines is 1. The molecule has 23 heavy (non-hydrogen) atoms. The van der Waals surface area contributed by atoms with Crippen molar-refractivity contribution in [2.45, 2.75) is 52.5 Å². The minimum Gasteiger partial charge on any atom is -0.358 e. The lowest BCUT2D eigenvalue weighted by atomic mass is 9.91. The summed E-state index contributed by atoms with van der Waals surface area (Å²) in [6, 6.07) is 6.85. The van der Waals surface area contributed by atoms with Crippen LogP contribution in [0.3, 0.4) is 0 Å². The van der Waals surface area contributed by atoms with Gasteiger partial charge in [-0.3, -0.25) is 0 Å². The van der Waals surface area contributed by atoms with Crippen LogP contribution >= 0.6 is 0 Å². The van der Waals surface area contributed by atoms with E-state index < -0.39 is 0 Å². The molecule has 2 heterocycles. The van der Waals surface area contributed by atoms with Gasteiger partial charge in [-0.1, -0.05) is 11.6 Å². The molecule has 1 fully saturated rings. The number of nitrogens with one attached hydrogen (secondary N) is 2. The van der Waals surface area contributed by atoms with Gasteiger partial charge in [-0.2, -0.15) is 0 Å². The molecule has 4 nitrogen and oxygen atoms in total. The van der Waals surface area contributed by atoms with Crippen LogP contribution in [0.15, 0.2) is 18.2 Å². The van der Waals surface area contributed by atoms with Crippen LogP contribution in [0.4, 0.5) is 4.79 Å². The monoisotopic (exact) mass is 313 g/mol. The lowest BCUT2D eigenvalue weighted by Crippen LogP contribution is -2.46. The summed E-state index contributed by atoms with van der Waals surface area (Å²) in [5, 5.41) is 4.32. The summed E-state index contributed by atoms with van der Waals surface area (Å²) in [7, 11) is 0. The Bertz CT molecular complexity index is 709. The number of hydrogen-bond acceptors (Lipinski definition) is 1. The zero-order valence-electron chi connectivity index (χ0n) is 14.6. The molecule has 2 N–H and O–H groups in total. The van der Waals surface area contributed by atoms with Gasteiger partial charge in [-0.25, -0.2) is 4.79 Å². The highest BCUT2D eigenvalue weighted by molar-refractivity contribution is 5.85. The number of rotatable bonds is 2. The Morgan fingerprint density at radius 1 is 1.26 bits per heavy atom. The van der Waals surface area contributed by atoms with Crippen LogP contribution in [-0.2, 0) is 0 Å². The molecule has 1 aromatic carbocycles. The second-order valence-electron chi connectivity index (χ2n) is 7.08. The first kappa shape index (κ1) is 15.9. The number of urea groups is 1. The number of amides is 2. The highest BCUT2D eigenvalue weighted by Crippen LogP contribution is 2.33. The van der Waals surface area contributed by atoms with Crippen molar-refractivity contribution >= 4 is 16.9 Å². The molecule has 0 aliphatic carbocycles. The molecule has 0 unspecified atom stereocenters. The smallest absolute Gasteiger partial charge is 0.317 e. The second-order valence-corrected chi connectivity index (χ2v) is 7.08. The van der Waals surface area contributed by atoms with Gasteiger partial charge in [-0.05, 0) is 58.2 Å². The van der Waals surface area contributed by atoms with Crippen LogP contribution in [0.1, 0.15) is 49.4 Å². The number of fused-ring (bicyclic) bond motifs is 1. The highest BCUT2D eigenvalue weighted by atomic mass is 16.2. The standard InChI is InChI=1S/C19H27N3O/c1-12(2)20-19(23)22-9-7-15(8-10-22)18-14(4)16-11-13(3)5-6-17(16)21-18/h5-6,11-12,15,21H,7-10H2,1-4H3,(H,20,23). The largest absolute Gasteiger partial charge is 0.358 e. The molecule has 1 saturated heterocycles. The van der Waals surface area contributed by atoms with Crippen LogP contribution < -0.4 is 5.32 Å². The fraction of sp³-hybridized carbons (Fsp3) is 0.526. The molecule has 0 bridgehead atoms. The van der Waals surface area contributed by atoms with Crippen molar-refractivity contribution in [3.8, 4) is 0 Å². The molecule has 0 atom stereocenters. The number of nitrogens with zero attached hydrogens (tertiary/aromatic N) is 1. The summed E-state index contributed by atoms with van der Waals surface area (Å²) in [6.07, 6.45) is 2.05. The van der Waals surface area contributed by atoms with Gasteiger partial charge < -0.3 is 15.2 Å². The van der Waals surface area contributed by atoms with Gasteiger partial charge >= 0.3 is 6.03 Å². The molecule has 0 spiro atoms. The first-order valence-electron chi connectivity index (χ1n) is 8.60.